The molecule has 8 fully saturated rings. The largest absolute Gasteiger partial charge is 0.481 e. The lowest BCUT2D eigenvalue weighted by Gasteiger charge is -2.67. The molecular formula is C23H35O2P. The molecule has 0 amide bonds. The van der Waals surface area contributed by atoms with Gasteiger partial charge < -0.3 is 5.11 Å². The number of carboxylic acids is 1. The molecule has 26 heavy (non-hydrogen) atoms. The van der Waals surface area contributed by atoms with Gasteiger partial charge in [-0.1, -0.05) is 7.92 Å². The molecule has 1 N–H and O–H groups in total. The summed E-state index contributed by atoms with van der Waals surface area (Å²) in [6, 6.07) is 0. The fraction of sp³-hybridized carbons (Fsp3) is 0.957. The minimum atomic E-state index is -0.535. The van der Waals surface area contributed by atoms with Gasteiger partial charge in [0.25, 0.3) is 0 Å². The number of carbonyl (C=O) groups is 1. The summed E-state index contributed by atoms with van der Waals surface area (Å²) in [6.45, 7) is 0. The number of hydrogen-bond acceptors (Lipinski definition) is 1. The molecule has 8 rings (SSSR count). The average Bonchev–Trinajstić information content (AvgIpc) is 2.51. The number of carboxylic acid groups (broad SMARTS) is 1. The fourth-order valence-electron chi connectivity index (χ4n) is 9.98. The van der Waals surface area contributed by atoms with Crippen molar-refractivity contribution in [3.63, 3.8) is 0 Å². The summed E-state index contributed by atoms with van der Waals surface area (Å²) in [4.78, 5) is 11.6. The Kier molecular flexibility index (Phi) is 3.69. The van der Waals surface area contributed by atoms with Crippen LogP contribution in [0.25, 0.3) is 0 Å². The summed E-state index contributed by atoms with van der Waals surface area (Å²) in [5.74, 6) is 5.49. The van der Waals surface area contributed by atoms with Crippen molar-refractivity contribution in [3.05, 3.63) is 0 Å². The Morgan fingerprint density at radius 2 is 1.00 bits per heavy atom. The topological polar surface area (TPSA) is 37.3 Å². The number of aliphatic carboxylic acids is 1. The van der Waals surface area contributed by atoms with E-state index in [1.807, 2.05) is 0 Å². The first-order chi connectivity index (χ1) is 12.5. The van der Waals surface area contributed by atoms with E-state index in [0.29, 0.717) is 16.7 Å². The van der Waals surface area contributed by atoms with Crippen LogP contribution in [0.4, 0.5) is 0 Å². The molecule has 3 heteroatoms. The van der Waals surface area contributed by atoms with Gasteiger partial charge >= 0.3 is 5.97 Å². The van der Waals surface area contributed by atoms with Gasteiger partial charge in [-0.15, -0.1) is 0 Å². The monoisotopic (exact) mass is 374 g/mol. The molecule has 144 valence electrons. The van der Waals surface area contributed by atoms with Crippen LogP contribution in [0.3, 0.4) is 0 Å². The Morgan fingerprint density at radius 3 is 1.27 bits per heavy atom. The standard InChI is InChI=1S/C23H35O2P/c24-21(25)1-2-26(22-9-15-3-16(10-22)5-17(4-15)11-22)23-12-18-6-19(13-23)8-20(7-18)14-23/h15-20H,1-14H2,(H,24,25). The summed E-state index contributed by atoms with van der Waals surface area (Å²) in [6.07, 6.45) is 19.6. The highest BCUT2D eigenvalue weighted by Crippen LogP contribution is 2.78. The Labute approximate surface area is 159 Å². The van der Waals surface area contributed by atoms with Crippen molar-refractivity contribution in [2.75, 3.05) is 6.16 Å². The SMILES string of the molecule is O=C(O)CCP(C12CC3CC(CC(C3)C1)C2)C12CC3CC(CC(C3)C1)C2. The number of rotatable bonds is 5. The molecular weight excluding hydrogens is 339 g/mol. The third-order valence-corrected chi connectivity index (χ3v) is 13.8. The Balaban J connectivity index is 1.37. The van der Waals surface area contributed by atoms with E-state index in [1.54, 1.807) is 0 Å². The van der Waals surface area contributed by atoms with E-state index in [-0.39, 0.29) is 7.92 Å². The van der Waals surface area contributed by atoms with Gasteiger partial charge in [-0.05, 0) is 129 Å². The van der Waals surface area contributed by atoms with Crippen molar-refractivity contribution in [2.45, 2.75) is 93.8 Å². The van der Waals surface area contributed by atoms with E-state index >= 15 is 0 Å². The molecule has 0 spiro atoms. The molecule has 0 saturated heterocycles. The zero-order valence-electron chi connectivity index (χ0n) is 16.2. The fourth-order valence-corrected chi connectivity index (χ4v) is 15.2. The second-order valence-corrected chi connectivity index (χ2v) is 14.8. The first-order valence-electron chi connectivity index (χ1n) is 11.5. The van der Waals surface area contributed by atoms with Crippen LogP contribution in [-0.4, -0.2) is 27.5 Å². The summed E-state index contributed by atoms with van der Waals surface area (Å²) < 4.78 is 0. The lowest BCUT2D eigenvalue weighted by atomic mass is 9.55. The molecule has 0 aromatic carbocycles. The van der Waals surface area contributed by atoms with Gasteiger partial charge in [0, 0.05) is 6.42 Å². The summed E-state index contributed by atoms with van der Waals surface area (Å²) in [5.41, 5.74) is 0. The van der Waals surface area contributed by atoms with E-state index in [0.717, 1.165) is 41.7 Å². The maximum Gasteiger partial charge on any atom is 0.303 e. The normalized spacial score (nSPS) is 54.6. The van der Waals surface area contributed by atoms with Crippen molar-refractivity contribution < 1.29 is 9.90 Å². The van der Waals surface area contributed by atoms with Crippen molar-refractivity contribution in [2.24, 2.45) is 35.5 Å². The van der Waals surface area contributed by atoms with Gasteiger partial charge in [-0.3, -0.25) is 4.79 Å². The molecule has 8 saturated carbocycles. The molecule has 0 aromatic rings. The summed E-state index contributed by atoms with van der Waals surface area (Å²) in [5, 5.41) is 10.7. The molecule has 0 unspecified atom stereocenters. The van der Waals surface area contributed by atoms with Crippen molar-refractivity contribution in [1.82, 2.24) is 0 Å². The molecule has 8 aliphatic rings. The van der Waals surface area contributed by atoms with Crippen LogP contribution in [0.15, 0.2) is 0 Å². The Morgan fingerprint density at radius 1 is 0.692 bits per heavy atom. The molecule has 0 atom stereocenters. The molecule has 0 aliphatic heterocycles. The highest BCUT2D eigenvalue weighted by atomic mass is 31.1. The van der Waals surface area contributed by atoms with E-state index in [2.05, 4.69) is 0 Å². The molecule has 0 heterocycles. The minimum Gasteiger partial charge on any atom is -0.481 e. The van der Waals surface area contributed by atoms with Crippen LogP contribution in [0, 0.1) is 35.5 Å². The third kappa shape index (κ3) is 2.49. The Bertz CT molecular complexity index is 497. The van der Waals surface area contributed by atoms with Gasteiger partial charge in [0.2, 0.25) is 0 Å². The van der Waals surface area contributed by atoms with E-state index in [9.17, 15) is 9.90 Å². The molecule has 2 nitrogen and oxygen atoms in total. The van der Waals surface area contributed by atoms with Crippen LogP contribution >= 0.6 is 7.92 Å². The van der Waals surface area contributed by atoms with Gasteiger partial charge in [0.1, 0.15) is 0 Å². The van der Waals surface area contributed by atoms with Crippen LogP contribution in [0.5, 0.6) is 0 Å². The van der Waals surface area contributed by atoms with Crippen LogP contribution < -0.4 is 0 Å². The van der Waals surface area contributed by atoms with Gasteiger partial charge in [0.15, 0.2) is 0 Å². The quantitative estimate of drug-likeness (QED) is 0.610. The summed E-state index contributed by atoms with van der Waals surface area (Å²) in [7, 11) is -0.122. The predicted molar refractivity (Wildman–Crippen MR) is 106 cm³/mol. The van der Waals surface area contributed by atoms with Crippen LogP contribution in [-0.2, 0) is 4.79 Å². The van der Waals surface area contributed by atoms with Gasteiger partial charge in [0.05, 0.1) is 0 Å². The Hall–Kier alpha value is -0.100. The lowest BCUT2D eigenvalue weighted by Crippen LogP contribution is -2.57. The molecule has 0 aromatic heterocycles. The van der Waals surface area contributed by atoms with E-state index in [1.165, 1.54) is 77.0 Å². The maximum absolute atomic E-state index is 11.6. The molecule has 8 aliphatic carbocycles. The first kappa shape index (κ1) is 16.8. The second kappa shape index (κ2) is 5.71. The first-order valence-corrected chi connectivity index (χ1v) is 13.0. The van der Waals surface area contributed by atoms with E-state index in [4.69, 9.17) is 0 Å². The maximum atomic E-state index is 11.6. The van der Waals surface area contributed by atoms with Crippen molar-refractivity contribution in [3.8, 4) is 0 Å². The predicted octanol–water partition coefficient (Wildman–Crippen LogP) is 5.88. The lowest BCUT2D eigenvalue weighted by molar-refractivity contribution is -0.136. The highest BCUT2D eigenvalue weighted by molar-refractivity contribution is 7.61. The zero-order chi connectivity index (χ0) is 17.5. The van der Waals surface area contributed by atoms with Crippen molar-refractivity contribution >= 4 is 13.9 Å². The zero-order valence-corrected chi connectivity index (χ0v) is 17.1. The number of hydrogen-bond donors (Lipinski definition) is 1. The van der Waals surface area contributed by atoms with Crippen molar-refractivity contribution in [1.29, 1.82) is 0 Å². The van der Waals surface area contributed by atoms with Gasteiger partial charge in [-0.25, -0.2) is 0 Å². The third-order valence-electron chi connectivity index (χ3n) is 9.71. The van der Waals surface area contributed by atoms with Crippen LogP contribution in [0.2, 0.25) is 0 Å². The van der Waals surface area contributed by atoms with E-state index < -0.39 is 5.97 Å². The van der Waals surface area contributed by atoms with Gasteiger partial charge in [-0.2, -0.15) is 0 Å². The van der Waals surface area contributed by atoms with Crippen LogP contribution in [0.1, 0.15) is 83.5 Å². The highest BCUT2D eigenvalue weighted by Gasteiger charge is 2.62. The average molecular weight is 375 g/mol. The molecule has 8 bridgehead atoms. The second-order valence-electron chi connectivity index (χ2n) is 11.6. The smallest absolute Gasteiger partial charge is 0.303 e. The minimum absolute atomic E-state index is 0.122. The summed E-state index contributed by atoms with van der Waals surface area (Å²) >= 11 is 0. The molecule has 0 radical (unpaired) electrons.